The highest BCUT2D eigenvalue weighted by atomic mass is 32.1. The molecule has 2 aliphatic rings. The summed E-state index contributed by atoms with van der Waals surface area (Å²) in [6, 6.07) is 8.83. The minimum Gasteiger partial charge on any atom is -0.375 e. The molecule has 9 nitrogen and oxygen atoms in total. The van der Waals surface area contributed by atoms with Gasteiger partial charge >= 0.3 is 6.18 Å². The van der Waals surface area contributed by atoms with Crippen molar-refractivity contribution in [3.63, 3.8) is 0 Å². The fourth-order valence-corrected chi connectivity index (χ4v) is 5.20. The fourth-order valence-electron chi connectivity index (χ4n) is 4.55. The van der Waals surface area contributed by atoms with Gasteiger partial charge in [-0.3, -0.25) is 9.80 Å². The number of benzene rings is 2. The van der Waals surface area contributed by atoms with Crippen LogP contribution in [0.2, 0.25) is 0 Å². The normalized spacial score (nSPS) is 16.3. The van der Waals surface area contributed by atoms with Crippen molar-refractivity contribution in [2.24, 2.45) is 0 Å². The fraction of sp³-hybridized carbons (Fsp3) is 0.308. The molecule has 0 bridgehead atoms. The molecule has 0 saturated carbocycles. The number of hydrazine groups is 2. The first kappa shape index (κ1) is 26.8. The Morgan fingerprint density at radius 1 is 1.15 bits per heavy atom. The first-order valence-corrected chi connectivity index (χ1v) is 13.3. The van der Waals surface area contributed by atoms with Crippen LogP contribution >= 0.6 is 11.3 Å². The molecule has 2 aliphatic heterocycles. The average molecular weight is 559 g/mol. The third kappa shape index (κ3) is 5.95. The van der Waals surface area contributed by atoms with E-state index in [1.807, 2.05) is 18.0 Å². The number of halogens is 3. The van der Waals surface area contributed by atoms with Gasteiger partial charge in [0.15, 0.2) is 5.13 Å². The zero-order valence-corrected chi connectivity index (χ0v) is 22.3. The lowest BCUT2D eigenvalue weighted by molar-refractivity contribution is -0.137. The highest BCUT2D eigenvalue weighted by Gasteiger charge is 2.32. The smallest absolute Gasteiger partial charge is 0.375 e. The number of likely N-dealkylation sites (N-methyl/N-ethyl adjacent to an activating group) is 1. The largest absolute Gasteiger partial charge is 0.416 e. The number of nitrogen functional groups attached to an aromatic ring is 1. The summed E-state index contributed by atoms with van der Waals surface area (Å²) in [5, 5.41) is 4.84. The number of nitrogens with one attached hydrogen (secondary N) is 3. The number of hydrogen-bond donors (Lipinski definition) is 4. The molecule has 0 radical (unpaired) electrons. The van der Waals surface area contributed by atoms with E-state index in [0.29, 0.717) is 35.2 Å². The highest BCUT2D eigenvalue weighted by molar-refractivity contribution is 7.16. The number of piperazine rings is 1. The second kappa shape index (κ2) is 10.8. The number of aryl methyl sites for hydroxylation is 1. The lowest BCUT2D eigenvalue weighted by Crippen LogP contribution is -2.46. The van der Waals surface area contributed by atoms with Crippen molar-refractivity contribution in [1.82, 2.24) is 20.8 Å². The summed E-state index contributed by atoms with van der Waals surface area (Å²) < 4.78 is 41.2. The molecule has 1 saturated heterocycles. The Bertz CT molecular complexity index is 1400. The third-order valence-electron chi connectivity index (χ3n) is 6.78. The minimum absolute atomic E-state index is 0.0933. The predicted octanol–water partition coefficient (Wildman–Crippen LogP) is 4.27. The molecule has 39 heavy (non-hydrogen) atoms. The number of carbonyl (C=O) groups excluding carboxylic acids is 1. The van der Waals surface area contributed by atoms with E-state index in [2.05, 4.69) is 33.1 Å². The van der Waals surface area contributed by atoms with Gasteiger partial charge in [-0.1, -0.05) is 24.3 Å². The van der Waals surface area contributed by atoms with E-state index in [1.165, 1.54) is 11.3 Å². The van der Waals surface area contributed by atoms with Crippen molar-refractivity contribution in [2.45, 2.75) is 20.0 Å². The summed E-state index contributed by atoms with van der Waals surface area (Å²) in [5.41, 5.74) is 14.2. The summed E-state index contributed by atoms with van der Waals surface area (Å²) >= 11 is 1.33. The molecule has 0 spiro atoms. The number of nitrogens with two attached hydrogens (primary N) is 1. The number of thiazole rings is 1. The first-order valence-electron chi connectivity index (χ1n) is 12.5. The van der Waals surface area contributed by atoms with E-state index in [4.69, 9.17) is 5.73 Å². The van der Waals surface area contributed by atoms with Gasteiger partial charge in [0.25, 0.3) is 5.91 Å². The van der Waals surface area contributed by atoms with E-state index >= 15 is 0 Å². The summed E-state index contributed by atoms with van der Waals surface area (Å²) in [4.78, 5) is 22.3. The number of amides is 1. The second-order valence-corrected chi connectivity index (χ2v) is 10.4. The number of aromatic nitrogens is 1. The molecule has 0 unspecified atom stereocenters. The zero-order chi connectivity index (χ0) is 27.7. The van der Waals surface area contributed by atoms with E-state index in [-0.39, 0.29) is 5.69 Å². The second-order valence-electron chi connectivity index (χ2n) is 9.36. The van der Waals surface area contributed by atoms with Gasteiger partial charge in [0.05, 0.1) is 21.8 Å². The van der Waals surface area contributed by atoms with Crippen LogP contribution in [0.5, 0.6) is 0 Å². The molecule has 3 heterocycles. The van der Waals surface area contributed by atoms with E-state index in [1.54, 1.807) is 35.5 Å². The van der Waals surface area contributed by atoms with Crippen LogP contribution in [0.4, 0.5) is 35.4 Å². The van der Waals surface area contributed by atoms with E-state index in [9.17, 15) is 18.0 Å². The molecular weight excluding hydrogens is 529 g/mol. The van der Waals surface area contributed by atoms with Gasteiger partial charge in [-0.15, -0.1) is 5.53 Å². The van der Waals surface area contributed by atoms with E-state index < -0.39 is 17.6 Å². The number of anilines is 4. The first-order chi connectivity index (χ1) is 18.6. The van der Waals surface area contributed by atoms with Crippen LogP contribution in [-0.2, 0) is 6.18 Å². The maximum absolute atomic E-state index is 13.7. The number of carbonyl (C=O) groups is 1. The Morgan fingerprint density at radius 2 is 1.92 bits per heavy atom. The van der Waals surface area contributed by atoms with Gasteiger partial charge in [-0.05, 0) is 49.4 Å². The molecule has 0 aliphatic carbocycles. The zero-order valence-electron chi connectivity index (χ0n) is 21.5. The summed E-state index contributed by atoms with van der Waals surface area (Å²) in [6.45, 7) is 7.63. The molecular formula is C26H29F3N8OS. The molecule has 206 valence electrons. The van der Waals surface area contributed by atoms with Crippen LogP contribution in [0.1, 0.15) is 33.3 Å². The van der Waals surface area contributed by atoms with Crippen molar-refractivity contribution >= 4 is 45.1 Å². The van der Waals surface area contributed by atoms with Crippen molar-refractivity contribution in [3.05, 3.63) is 70.4 Å². The lowest BCUT2D eigenvalue weighted by atomic mass is 10.1. The molecule has 0 atom stereocenters. The molecule has 5 N–H and O–H groups in total. The highest BCUT2D eigenvalue weighted by Crippen LogP contribution is 2.35. The van der Waals surface area contributed by atoms with Gasteiger partial charge in [0, 0.05) is 55.5 Å². The van der Waals surface area contributed by atoms with Crippen molar-refractivity contribution in [2.75, 3.05) is 53.7 Å². The molecule has 2 aromatic carbocycles. The molecule has 3 aromatic rings. The number of rotatable bonds is 6. The quantitative estimate of drug-likeness (QED) is 0.356. The van der Waals surface area contributed by atoms with Gasteiger partial charge in [0.2, 0.25) is 0 Å². The van der Waals surface area contributed by atoms with Gasteiger partial charge in [-0.25, -0.2) is 4.98 Å². The Hall–Kier alpha value is -3.81. The van der Waals surface area contributed by atoms with Gasteiger partial charge in [0.1, 0.15) is 0 Å². The van der Waals surface area contributed by atoms with Gasteiger partial charge < -0.3 is 26.3 Å². The van der Waals surface area contributed by atoms with Crippen LogP contribution in [0.25, 0.3) is 5.70 Å². The average Bonchev–Trinajstić information content (AvgIpc) is 3.57. The SMILES string of the molecule is CCN1CCN(c2cc(NC(=O)c3ccc(C)c(N4C=C(c5cnc(N)s5)NN4)c3)cc(C(F)(F)F)c2)CC1. The minimum atomic E-state index is -4.54. The Balaban J connectivity index is 1.38. The topological polar surface area (TPSA) is 102 Å². The number of nitrogens with zero attached hydrogens (tertiary/aromatic N) is 4. The molecule has 1 aromatic heterocycles. The van der Waals surface area contributed by atoms with E-state index in [0.717, 1.165) is 47.9 Å². The van der Waals surface area contributed by atoms with Crippen LogP contribution in [-0.4, -0.2) is 48.5 Å². The summed E-state index contributed by atoms with van der Waals surface area (Å²) in [5.74, 6) is -0.510. The van der Waals surface area contributed by atoms with Crippen LogP contribution in [0, 0.1) is 6.92 Å². The predicted molar refractivity (Wildman–Crippen MR) is 148 cm³/mol. The molecule has 13 heteroatoms. The number of alkyl halides is 3. The third-order valence-corrected chi connectivity index (χ3v) is 7.64. The monoisotopic (exact) mass is 558 g/mol. The summed E-state index contributed by atoms with van der Waals surface area (Å²) in [7, 11) is 0. The van der Waals surface area contributed by atoms with Crippen LogP contribution in [0.3, 0.4) is 0 Å². The Kier molecular flexibility index (Phi) is 7.38. The molecule has 1 fully saturated rings. The Morgan fingerprint density at radius 3 is 2.59 bits per heavy atom. The van der Waals surface area contributed by atoms with Crippen LogP contribution in [0.15, 0.2) is 48.8 Å². The summed E-state index contributed by atoms with van der Waals surface area (Å²) in [6.07, 6.45) is -1.07. The van der Waals surface area contributed by atoms with Crippen molar-refractivity contribution in [3.8, 4) is 0 Å². The van der Waals surface area contributed by atoms with Crippen molar-refractivity contribution in [1.29, 1.82) is 0 Å². The van der Waals surface area contributed by atoms with Crippen LogP contribution < -0.4 is 31.9 Å². The standard InChI is InChI=1S/C26H29F3N8OS/c1-3-35-6-8-36(9-7-35)20-12-18(26(27,28)29)11-19(13-20)32-24(38)17-5-4-16(2)22(10-17)37-15-21(33-34-37)23-14-31-25(30)39-23/h4-5,10-15,33-34H,3,6-9H2,1-2H3,(H2,30,31)(H,32,38). The Labute approximate surface area is 228 Å². The molecule has 5 rings (SSSR count). The van der Waals surface area contributed by atoms with Crippen molar-refractivity contribution < 1.29 is 18.0 Å². The molecule has 1 amide bonds. The maximum atomic E-state index is 13.7. The number of hydrogen-bond acceptors (Lipinski definition) is 9. The van der Waals surface area contributed by atoms with Gasteiger partial charge in [-0.2, -0.15) is 13.2 Å². The lowest BCUT2D eigenvalue weighted by Gasteiger charge is -2.36. The maximum Gasteiger partial charge on any atom is 0.416 e.